The average molecular weight is 444 g/mol. The van der Waals surface area contributed by atoms with E-state index in [1.807, 2.05) is 18.2 Å². The molecule has 1 aliphatic rings. The summed E-state index contributed by atoms with van der Waals surface area (Å²) in [5.74, 6) is -0.240. The smallest absolute Gasteiger partial charge is 0.435 e. The summed E-state index contributed by atoms with van der Waals surface area (Å²) in [4.78, 5) is 31.6. The Balaban J connectivity index is 1.77. The first-order valence-electron chi connectivity index (χ1n) is 10.4. The van der Waals surface area contributed by atoms with Gasteiger partial charge >= 0.3 is 6.09 Å². The van der Waals surface area contributed by atoms with Crippen LogP contribution in [0.2, 0.25) is 0 Å². The number of carbonyl (C=O) groups is 2. The molecule has 2 N–H and O–H groups in total. The third kappa shape index (κ3) is 3.91. The minimum atomic E-state index is -0.656. The van der Waals surface area contributed by atoms with Crippen molar-refractivity contribution < 1.29 is 14.3 Å². The number of fused-ring (bicyclic) bond motifs is 2. The maximum absolute atomic E-state index is 12.9. The van der Waals surface area contributed by atoms with Gasteiger partial charge in [0, 0.05) is 28.8 Å². The lowest BCUT2D eigenvalue weighted by Crippen LogP contribution is -2.27. The van der Waals surface area contributed by atoms with Crippen LogP contribution in [0.3, 0.4) is 0 Å². The Labute approximate surface area is 191 Å². The number of nitriles is 1. The van der Waals surface area contributed by atoms with Crippen LogP contribution in [-0.4, -0.2) is 43.8 Å². The molecule has 0 unspecified atom stereocenters. The average Bonchev–Trinajstić information content (AvgIpc) is 3.24. The molecule has 1 aromatic carbocycles. The number of nitrogens with zero attached hydrogens (tertiary/aromatic N) is 5. The van der Waals surface area contributed by atoms with Crippen LogP contribution in [0.15, 0.2) is 36.5 Å². The van der Waals surface area contributed by atoms with Gasteiger partial charge in [-0.3, -0.25) is 9.78 Å². The van der Waals surface area contributed by atoms with Crippen molar-refractivity contribution >= 4 is 28.6 Å². The summed E-state index contributed by atoms with van der Waals surface area (Å²) in [6, 6.07) is 7.32. The van der Waals surface area contributed by atoms with Gasteiger partial charge in [0.15, 0.2) is 0 Å². The molecule has 0 fully saturated rings. The summed E-state index contributed by atoms with van der Waals surface area (Å²) in [5, 5.41) is 14.1. The predicted octanol–water partition coefficient (Wildman–Crippen LogP) is 3.81. The van der Waals surface area contributed by atoms with Gasteiger partial charge in [-0.05, 0) is 45.4 Å². The van der Waals surface area contributed by atoms with E-state index in [1.165, 1.54) is 4.68 Å². The molecule has 9 nitrogen and oxygen atoms in total. The van der Waals surface area contributed by atoms with Gasteiger partial charge < -0.3 is 15.4 Å². The number of rotatable bonds is 3. The van der Waals surface area contributed by atoms with Crippen LogP contribution in [0.25, 0.3) is 22.2 Å². The Morgan fingerprint density at radius 2 is 2.09 bits per heavy atom. The standard InChI is InChI=1S/C24H24N6O3/c1-13(9-25)11-29-12-17-15(6-7-18(26)21(17)22(29)31)19-8-16-14(2)28-30(20(16)10-27-19)23(32)33-24(3,4)5/h6-8,10H,1,11-12,26H2,2-5H3. The van der Waals surface area contributed by atoms with E-state index in [4.69, 9.17) is 15.7 Å². The number of aryl methyl sites for hydroxylation is 1. The van der Waals surface area contributed by atoms with E-state index < -0.39 is 11.7 Å². The topological polar surface area (TPSA) is 127 Å². The zero-order valence-electron chi connectivity index (χ0n) is 19.0. The maximum atomic E-state index is 12.9. The molecular weight excluding hydrogens is 420 g/mol. The number of nitrogen functional groups attached to an aromatic ring is 1. The molecule has 0 saturated heterocycles. The Kier molecular flexibility index (Phi) is 5.17. The fourth-order valence-electron chi connectivity index (χ4n) is 3.89. The highest BCUT2D eigenvalue weighted by Gasteiger charge is 2.32. The fraction of sp³-hybridized carbons (Fsp3) is 0.292. The molecule has 0 radical (unpaired) electrons. The lowest BCUT2D eigenvalue weighted by molar-refractivity contribution is 0.0521. The zero-order valence-corrected chi connectivity index (χ0v) is 19.0. The minimum absolute atomic E-state index is 0.136. The number of amides is 1. The first-order valence-corrected chi connectivity index (χ1v) is 10.4. The predicted molar refractivity (Wildman–Crippen MR) is 123 cm³/mol. The molecule has 3 heterocycles. The van der Waals surface area contributed by atoms with Crippen molar-refractivity contribution in [2.75, 3.05) is 12.3 Å². The fourth-order valence-corrected chi connectivity index (χ4v) is 3.89. The number of anilines is 1. The van der Waals surface area contributed by atoms with E-state index >= 15 is 0 Å². The third-order valence-corrected chi connectivity index (χ3v) is 5.33. The Morgan fingerprint density at radius 3 is 2.76 bits per heavy atom. The number of carbonyl (C=O) groups excluding carboxylic acids is 2. The summed E-state index contributed by atoms with van der Waals surface area (Å²) < 4.78 is 6.65. The molecule has 0 spiro atoms. The number of pyridine rings is 1. The van der Waals surface area contributed by atoms with Crippen LogP contribution >= 0.6 is 0 Å². The van der Waals surface area contributed by atoms with Crippen molar-refractivity contribution in [1.82, 2.24) is 19.7 Å². The van der Waals surface area contributed by atoms with Crippen molar-refractivity contribution in [2.24, 2.45) is 0 Å². The molecule has 0 bridgehead atoms. The number of aromatic nitrogens is 3. The molecule has 3 aromatic rings. The normalized spacial score (nSPS) is 13.2. The van der Waals surface area contributed by atoms with E-state index in [1.54, 1.807) is 44.9 Å². The summed E-state index contributed by atoms with van der Waals surface area (Å²) in [7, 11) is 0. The van der Waals surface area contributed by atoms with Crippen LogP contribution in [0, 0.1) is 18.3 Å². The molecule has 1 aliphatic heterocycles. The number of hydrogen-bond donors (Lipinski definition) is 1. The van der Waals surface area contributed by atoms with Gasteiger partial charge in [-0.1, -0.05) is 12.6 Å². The van der Waals surface area contributed by atoms with Gasteiger partial charge in [0.2, 0.25) is 0 Å². The molecule has 0 saturated carbocycles. The lowest BCUT2D eigenvalue weighted by atomic mass is 9.98. The van der Waals surface area contributed by atoms with Gasteiger partial charge in [0.1, 0.15) is 5.60 Å². The summed E-state index contributed by atoms with van der Waals surface area (Å²) in [5.41, 5.74) is 9.84. The summed E-state index contributed by atoms with van der Waals surface area (Å²) in [6.45, 7) is 11.3. The Bertz CT molecular complexity index is 1370. The van der Waals surface area contributed by atoms with Gasteiger partial charge in [-0.2, -0.15) is 15.0 Å². The second-order valence-corrected chi connectivity index (χ2v) is 9.00. The second-order valence-electron chi connectivity index (χ2n) is 9.00. The molecule has 9 heteroatoms. The molecule has 0 atom stereocenters. The van der Waals surface area contributed by atoms with Gasteiger partial charge in [-0.15, -0.1) is 0 Å². The highest BCUT2D eigenvalue weighted by atomic mass is 16.6. The Hall–Kier alpha value is -4.19. The van der Waals surface area contributed by atoms with E-state index in [9.17, 15) is 9.59 Å². The van der Waals surface area contributed by atoms with E-state index in [0.29, 0.717) is 40.3 Å². The van der Waals surface area contributed by atoms with Crippen molar-refractivity contribution in [3.63, 3.8) is 0 Å². The zero-order chi connectivity index (χ0) is 24.1. The van der Waals surface area contributed by atoms with Crippen molar-refractivity contribution in [3.8, 4) is 17.3 Å². The van der Waals surface area contributed by atoms with Crippen molar-refractivity contribution in [3.05, 3.63) is 53.4 Å². The van der Waals surface area contributed by atoms with E-state index in [2.05, 4.69) is 16.7 Å². The highest BCUT2D eigenvalue weighted by Crippen LogP contribution is 2.36. The number of ether oxygens (including phenoxy) is 1. The molecule has 4 rings (SSSR count). The van der Waals surface area contributed by atoms with Crippen molar-refractivity contribution in [1.29, 1.82) is 5.26 Å². The first kappa shape index (κ1) is 22.0. The number of nitrogens with two attached hydrogens (primary N) is 1. The summed E-state index contributed by atoms with van der Waals surface area (Å²) >= 11 is 0. The minimum Gasteiger partial charge on any atom is -0.442 e. The maximum Gasteiger partial charge on any atom is 0.435 e. The lowest BCUT2D eigenvalue weighted by Gasteiger charge is -2.19. The van der Waals surface area contributed by atoms with Crippen LogP contribution in [0.1, 0.15) is 42.4 Å². The van der Waals surface area contributed by atoms with Gasteiger partial charge in [0.05, 0.1) is 41.3 Å². The molecular formula is C24H24N6O3. The molecule has 1 amide bonds. The van der Waals surface area contributed by atoms with Crippen LogP contribution in [-0.2, 0) is 11.3 Å². The van der Waals surface area contributed by atoms with Crippen LogP contribution in [0.4, 0.5) is 10.5 Å². The summed E-state index contributed by atoms with van der Waals surface area (Å²) in [6.07, 6.45) is 0.992. The monoisotopic (exact) mass is 444 g/mol. The molecule has 2 aromatic heterocycles. The molecule has 33 heavy (non-hydrogen) atoms. The SMILES string of the molecule is C=C(C#N)CN1Cc2c(-c3cc4c(C)nn(C(=O)OC(C)(C)C)c4cn3)ccc(N)c2C1=O. The largest absolute Gasteiger partial charge is 0.442 e. The third-order valence-electron chi connectivity index (χ3n) is 5.33. The van der Waals surface area contributed by atoms with Gasteiger partial charge in [0.25, 0.3) is 5.91 Å². The first-order chi connectivity index (χ1) is 15.5. The molecule has 0 aliphatic carbocycles. The van der Waals surface area contributed by atoms with Crippen LogP contribution in [0.5, 0.6) is 0 Å². The quantitative estimate of drug-likeness (QED) is 0.481. The number of hydrogen-bond acceptors (Lipinski definition) is 7. The Morgan fingerprint density at radius 1 is 1.36 bits per heavy atom. The van der Waals surface area contributed by atoms with Crippen LogP contribution < -0.4 is 5.73 Å². The van der Waals surface area contributed by atoms with E-state index in [0.717, 1.165) is 16.5 Å². The van der Waals surface area contributed by atoms with Gasteiger partial charge in [-0.25, -0.2) is 4.79 Å². The van der Waals surface area contributed by atoms with Crippen molar-refractivity contribution in [2.45, 2.75) is 39.8 Å². The number of benzene rings is 1. The van der Waals surface area contributed by atoms with E-state index in [-0.39, 0.29) is 12.5 Å². The highest BCUT2D eigenvalue weighted by molar-refractivity contribution is 6.05. The molecule has 168 valence electrons. The second kappa shape index (κ2) is 7.74.